The number of sulfonamides is 1. The minimum absolute atomic E-state index is 0.134. The molecule has 0 bridgehead atoms. The highest BCUT2D eigenvalue weighted by Crippen LogP contribution is 2.30. The summed E-state index contributed by atoms with van der Waals surface area (Å²) in [6.07, 6.45) is 2.13. The first-order valence-electron chi connectivity index (χ1n) is 6.56. The van der Waals surface area contributed by atoms with Crippen LogP contribution in [-0.2, 0) is 14.8 Å². The number of halogens is 2. The Morgan fingerprint density at radius 2 is 2.14 bits per heavy atom. The van der Waals surface area contributed by atoms with Crippen LogP contribution < -0.4 is 5.32 Å². The van der Waals surface area contributed by atoms with Gasteiger partial charge in [-0.05, 0) is 47.0 Å². The van der Waals surface area contributed by atoms with Gasteiger partial charge < -0.3 is 5.32 Å². The second-order valence-electron chi connectivity index (χ2n) is 4.82. The number of rotatable bonds is 3. The second kappa shape index (κ2) is 6.64. The van der Waals surface area contributed by atoms with Gasteiger partial charge in [-0.25, -0.2) is 8.42 Å². The van der Waals surface area contributed by atoms with Crippen LogP contribution >= 0.6 is 27.5 Å². The third kappa shape index (κ3) is 3.41. The first-order chi connectivity index (χ1) is 9.87. The van der Waals surface area contributed by atoms with E-state index in [2.05, 4.69) is 21.2 Å². The number of hydrogen-bond donors (Lipinski definition) is 1. The predicted octanol–water partition coefficient (Wildman–Crippen LogP) is 2.39. The van der Waals surface area contributed by atoms with Gasteiger partial charge >= 0.3 is 0 Å². The normalized spacial score (nSPS) is 20.2. The van der Waals surface area contributed by atoms with E-state index in [0.717, 1.165) is 12.8 Å². The molecular weight excluding hydrogens is 380 g/mol. The van der Waals surface area contributed by atoms with Gasteiger partial charge in [0.25, 0.3) is 0 Å². The highest BCUT2D eigenvalue weighted by Gasteiger charge is 2.37. The van der Waals surface area contributed by atoms with Gasteiger partial charge in [-0.3, -0.25) is 4.79 Å². The fourth-order valence-corrected chi connectivity index (χ4v) is 4.73. The Morgan fingerprint density at radius 3 is 2.76 bits per heavy atom. The van der Waals surface area contributed by atoms with E-state index in [1.165, 1.54) is 29.6 Å². The molecule has 1 saturated heterocycles. The van der Waals surface area contributed by atoms with E-state index in [1.807, 2.05) is 0 Å². The van der Waals surface area contributed by atoms with Gasteiger partial charge in [0.1, 0.15) is 6.04 Å². The molecule has 8 heteroatoms. The van der Waals surface area contributed by atoms with Crippen LogP contribution in [0, 0.1) is 0 Å². The Hall–Kier alpha value is -0.630. The maximum atomic E-state index is 12.8. The first-order valence-corrected chi connectivity index (χ1v) is 9.17. The fourth-order valence-electron chi connectivity index (χ4n) is 2.39. The number of benzene rings is 1. The molecule has 0 saturated carbocycles. The third-order valence-corrected chi connectivity index (χ3v) is 6.62. The largest absolute Gasteiger partial charge is 0.358 e. The summed E-state index contributed by atoms with van der Waals surface area (Å²) >= 11 is 9.12. The van der Waals surface area contributed by atoms with Crippen LogP contribution in [0.1, 0.15) is 19.3 Å². The third-order valence-electron chi connectivity index (χ3n) is 3.50. The SMILES string of the molecule is CNC(=O)C1CCCCN1S(=O)(=O)c1ccc(Cl)c(Br)c1. The van der Waals surface area contributed by atoms with Crippen molar-refractivity contribution in [1.29, 1.82) is 0 Å². The maximum Gasteiger partial charge on any atom is 0.243 e. The summed E-state index contributed by atoms with van der Waals surface area (Å²) in [6.45, 7) is 0.348. The van der Waals surface area contributed by atoms with Crippen molar-refractivity contribution in [2.45, 2.75) is 30.2 Å². The Kier molecular flexibility index (Phi) is 5.29. The number of likely N-dealkylation sites (N-methyl/N-ethyl adjacent to an activating group) is 1. The molecule has 0 radical (unpaired) electrons. The van der Waals surface area contributed by atoms with E-state index in [1.54, 1.807) is 0 Å². The molecular formula is C13H16BrClN2O3S. The minimum Gasteiger partial charge on any atom is -0.358 e. The monoisotopic (exact) mass is 394 g/mol. The molecule has 116 valence electrons. The van der Waals surface area contributed by atoms with Crippen molar-refractivity contribution in [3.63, 3.8) is 0 Å². The van der Waals surface area contributed by atoms with Crippen LogP contribution in [0.25, 0.3) is 0 Å². The smallest absolute Gasteiger partial charge is 0.243 e. The molecule has 2 rings (SSSR count). The van der Waals surface area contributed by atoms with Crippen molar-refractivity contribution in [3.8, 4) is 0 Å². The van der Waals surface area contributed by atoms with Crippen LogP contribution in [0.15, 0.2) is 27.6 Å². The number of amides is 1. The number of carbonyl (C=O) groups is 1. The van der Waals surface area contributed by atoms with Gasteiger partial charge in [-0.1, -0.05) is 18.0 Å². The van der Waals surface area contributed by atoms with Crippen molar-refractivity contribution in [2.24, 2.45) is 0 Å². The Morgan fingerprint density at radius 1 is 1.43 bits per heavy atom. The van der Waals surface area contributed by atoms with E-state index in [9.17, 15) is 13.2 Å². The van der Waals surface area contributed by atoms with Crippen molar-refractivity contribution < 1.29 is 13.2 Å². The van der Waals surface area contributed by atoms with E-state index < -0.39 is 16.1 Å². The lowest BCUT2D eigenvalue weighted by molar-refractivity contribution is -0.125. The average molecular weight is 396 g/mol. The Balaban J connectivity index is 2.40. The molecule has 0 aromatic heterocycles. The Bertz CT molecular complexity index is 651. The molecule has 1 aliphatic rings. The number of piperidine rings is 1. The summed E-state index contributed by atoms with van der Waals surface area (Å²) in [5, 5.41) is 2.97. The van der Waals surface area contributed by atoms with E-state index in [0.29, 0.717) is 22.5 Å². The molecule has 1 heterocycles. The van der Waals surface area contributed by atoms with Gasteiger partial charge in [-0.2, -0.15) is 4.31 Å². The lowest BCUT2D eigenvalue weighted by atomic mass is 10.0. The van der Waals surface area contributed by atoms with E-state index >= 15 is 0 Å². The van der Waals surface area contributed by atoms with Gasteiger partial charge in [0.05, 0.1) is 9.92 Å². The number of nitrogens with one attached hydrogen (secondary N) is 1. The van der Waals surface area contributed by atoms with Gasteiger partial charge in [0.2, 0.25) is 15.9 Å². The topological polar surface area (TPSA) is 66.5 Å². The maximum absolute atomic E-state index is 12.8. The van der Waals surface area contributed by atoms with Crippen LogP contribution in [0.4, 0.5) is 0 Å². The van der Waals surface area contributed by atoms with Crippen LogP contribution in [0.2, 0.25) is 5.02 Å². The Labute approximate surface area is 137 Å². The van der Waals surface area contributed by atoms with Crippen molar-refractivity contribution in [3.05, 3.63) is 27.7 Å². The molecule has 5 nitrogen and oxygen atoms in total. The molecule has 1 atom stereocenters. The quantitative estimate of drug-likeness (QED) is 0.854. The summed E-state index contributed by atoms with van der Waals surface area (Å²) in [7, 11) is -2.21. The van der Waals surface area contributed by atoms with Gasteiger partial charge in [0, 0.05) is 18.1 Å². The molecule has 0 aliphatic carbocycles. The van der Waals surface area contributed by atoms with Crippen LogP contribution in [0.3, 0.4) is 0 Å². The zero-order valence-corrected chi connectivity index (χ0v) is 14.6. The second-order valence-corrected chi connectivity index (χ2v) is 7.97. The molecule has 1 unspecified atom stereocenters. The van der Waals surface area contributed by atoms with Crippen LogP contribution in [-0.4, -0.2) is 38.3 Å². The number of nitrogens with zero attached hydrogens (tertiary/aromatic N) is 1. The first kappa shape index (κ1) is 16.7. The van der Waals surface area contributed by atoms with Crippen LogP contribution in [0.5, 0.6) is 0 Å². The molecule has 1 amide bonds. The summed E-state index contributed by atoms with van der Waals surface area (Å²) < 4.78 is 27.3. The molecule has 0 spiro atoms. The molecule has 1 aromatic carbocycles. The zero-order valence-electron chi connectivity index (χ0n) is 11.5. The van der Waals surface area contributed by atoms with Crippen molar-refractivity contribution in [2.75, 3.05) is 13.6 Å². The molecule has 21 heavy (non-hydrogen) atoms. The van der Waals surface area contributed by atoms with Gasteiger partial charge in [0.15, 0.2) is 0 Å². The number of hydrogen-bond acceptors (Lipinski definition) is 3. The lowest BCUT2D eigenvalue weighted by Crippen LogP contribution is -2.51. The molecule has 1 N–H and O–H groups in total. The number of carbonyl (C=O) groups excluding carboxylic acids is 1. The summed E-state index contributed by atoms with van der Waals surface area (Å²) in [4.78, 5) is 12.1. The highest BCUT2D eigenvalue weighted by molar-refractivity contribution is 9.10. The summed E-state index contributed by atoms with van der Waals surface area (Å²) in [6, 6.07) is 3.80. The minimum atomic E-state index is -3.72. The van der Waals surface area contributed by atoms with Gasteiger partial charge in [-0.15, -0.1) is 0 Å². The standard InChI is InChI=1S/C13H16BrClN2O3S/c1-16-13(18)12-4-2-3-7-17(12)21(19,20)9-5-6-11(15)10(14)8-9/h5-6,8,12H,2-4,7H2,1H3,(H,16,18). The zero-order chi connectivity index (χ0) is 15.6. The predicted molar refractivity (Wildman–Crippen MR) is 84.7 cm³/mol. The highest BCUT2D eigenvalue weighted by atomic mass is 79.9. The molecule has 1 aromatic rings. The fraction of sp³-hybridized carbons (Fsp3) is 0.462. The molecule has 1 aliphatic heterocycles. The average Bonchev–Trinajstić information content (AvgIpc) is 2.49. The lowest BCUT2D eigenvalue weighted by Gasteiger charge is -2.33. The van der Waals surface area contributed by atoms with E-state index in [-0.39, 0.29) is 10.8 Å². The summed E-state index contributed by atoms with van der Waals surface area (Å²) in [5.41, 5.74) is 0. The van der Waals surface area contributed by atoms with Crippen molar-refractivity contribution >= 4 is 43.5 Å². The van der Waals surface area contributed by atoms with Crippen molar-refractivity contribution in [1.82, 2.24) is 9.62 Å². The molecule has 1 fully saturated rings. The summed E-state index contributed by atoms with van der Waals surface area (Å²) in [5.74, 6) is -0.272. The van der Waals surface area contributed by atoms with E-state index in [4.69, 9.17) is 11.6 Å².